The van der Waals surface area contributed by atoms with Gasteiger partial charge < -0.3 is 14.8 Å². The molecular weight excluding hydrogens is 332 g/mol. The Labute approximate surface area is 144 Å². The van der Waals surface area contributed by atoms with Crippen molar-refractivity contribution < 1.29 is 19.4 Å². The smallest absolute Gasteiger partial charge is 0.325 e. The molecule has 3 rings (SSSR count). The summed E-state index contributed by atoms with van der Waals surface area (Å²) in [5.74, 6) is -1.29. The number of carboxylic acids is 1. The number of carboxylic acid groups (broad SMARTS) is 1. The molecule has 0 saturated carbocycles. The number of nitrogens with one attached hydrogen (secondary N) is 1. The van der Waals surface area contributed by atoms with Crippen molar-refractivity contribution in [1.82, 2.24) is 9.88 Å². The Hall–Kier alpha value is -2.05. The number of halogens is 1. The molecule has 1 aromatic carbocycles. The van der Waals surface area contributed by atoms with Crippen molar-refractivity contribution in [2.45, 2.75) is 18.9 Å². The third kappa shape index (κ3) is 3.12. The first-order chi connectivity index (χ1) is 11.5. The van der Waals surface area contributed by atoms with Gasteiger partial charge in [-0.25, -0.2) is 0 Å². The third-order valence-corrected chi connectivity index (χ3v) is 4.87. The van der Waals surface area contributed by atoms with Crippen molar-refractivity contribution in [3.63, 3.8) is 0 Å². The number of piperidine rings is 1. The van der Waals surface area contributed by atoms with E-state index in [1.807, 2.05) is 11.0 Å². The Bertz CT molecular complexity index is 765. The fourth-order valence-electron chi connectivity index (χ4n) is 3.39. The minimum absolute atomic E-state index is 0.155. The number of aliphatic carboxylic acids is 1. The Morgan fingerprint density at radius 3 is 2.71 bits per heavy atom. The number of nitrogens with zero attached hydrogens (tertiary/aromatic N) is 1. The predicted octanol–water partition coefficient (Wildman–Crippen LogP) is 2.83. The molecule has 6 nitrogen and oxygen atoms in total. The fourth-order valence-corrected chi connectivity index (χ4v) is 3.56. The molecule has 0 radical (unpaired) electrons. The van der Waals surface area contributed by atoms with E-state index in [0.717, 1.165) is 10.9 Å². The van der Waals surface area contributed by atoms with Crippen LogP contribution in [0.2, 0.25) is 5.02 Å². The summed E-state index contributed by atoms with van der Waals surface area (Å²) in [6, 6.07) is 4.61. The number of carbonyl (C=O) groups excluding carboxylic acids is 1. The van der Waals surface area contributed by atoms with Crippen LogP contribution in [0.15, 0.2) is 24.4 Å². The molecule has 1 aliphatic heterocycles. The fraction of sp³-hybridized carbons (Fsp3) is 0.412. The molecule has 7 heteroatoms. The number of hydrogen-bond donors (Lipinski definition) is 2. The number of fused-ring (bicyclic) bond motifs is 1. The number of ether oxygens (including phenoxy) is 1. The zero-order valence-electron chi connectivity index (χ0n) is 13.3. The zero-order valence-corrected chi connectivity index (χ0v) is 14.0. The van der Waals surface area contributed by atoms with Crippen molar-refractivity contribution in [3.8, 4) is 0 Å². The molecular formula is C17H19ClN2O4. The van der Waals surface area contributed by atoms with Crippen LogP contribution in [0, 0.1) is 5.92 Å². The minimum Gasteiger partial charge on any atom is -0.480 e. The monoisotopic (exact) mass is 350 g/mol. The van der Waals surface area contributed by atoms with Crippen LogP contribution in [0.25, 0.3) is 10.9 Å². The summed E-state index contributed by atoms with van der Waals surface area (Å²) in [6.07, 6.45) is 2.92. The van der Waals surface area contributed by atoms with E-state index in [0.29, 0.717) is 36.5 Å². The van der Waals surface area contributed by atoms with Crippen LogP contribution in [-0.2, 0) is 14.3 Å². The molecule has 1 unspecified atom stereocenters. The van der Waals surface area contributed by atoms with Crippen LogP contribution >= 0.6 is 11.6 Å². The molecule has 24 heavy (non-hydrogen) atoms. The second-order valence-corrected chi connectivity index (χ2v) is 6.44. The van der Waals surface area contributed by atoms with Crippen LogP contribution in [0.3, 0.4) is 0 Å². The molecule has 128 valence electrons. The summed E-state index contributed by atoms with van der Waals surface area (Å²) < 4.78 is 4.78. The van der Waals surface area contributed by atoms with E-state index < -0.39 is 12.0 Å². The molecule has 1 aliphatic rings. The van der Waals surface area contributed by atoms with Crippen molar-refractivity contribution in [3.05, 3.63) is 35.0 Å². The van der Waals surface area contributed by atoms with E-state index in [9.17, 15) is 14.7 Å². The lowest BCUT2D eigenvalue weighted by atomic mass is 9.94. The van der Waals surface area contributed by atoms with Crippen LogP contribution < -0.4 is 0 Å². The second kappa shape index (κ2) is 6.83. The minimum atomic E-state index is -0.910. The highest BCUT2D eigenvalue weighted by Crippen LogP contribution is 2.33. The van der Waals surface area contributed by atoms with E-state index in [4.69, 9.17) is 16.3 Å². The highest BCUT2D eigenvalue weighted by Gasteiger charge is 2.34. The average Bonchev–Trinajstić information content (AvgIpc) is 2.97. The van der Waals surface area contributed by atoms with Gasteiger partial charge in [-0.3, -0.25) is 14.5 Å². The Kier molecular flexibility index (Phi) is 4.78. The topological polar surface area (TPSA) is 82.6 Å². The lowest BCUT2D eigenvalue weighted by Gasteiger charge is -2.34. The van der Waals surface area contributed by atoms with E-state index in [1.165, 1.54) is 7.11 Å². The highest BCUT2D eigenvalue weighted by atomic mass is 35.5. The number of hydrogen-bond acceptors (Lipinski definition) is 4. The van der Waals surface area contributed by atoms with Crippen LogP contribution in [-0.4, -0.2) is 47.1 Å². The maximum absolute atomic E-state index is 11.9. The van der Waals surface area contributed by atoms with Gasteiger partial charge in [0, 0.05) is 40.8 Å². The number of aromatic amines is 1. The zero-order chi connectivity index (χ0) is 17.3. The normalized spacial score (nSPS) is 17.8. The van der Waals surface area contributed by atoms with Crippen molar-refractivity contribution >= 4 is 34.4 Å². The summed E-state index contributed by atoms with van der Waals surface area (Å²) >= 11 is 6.06. The molecule has 2 aromatic rings. The van der Waals surface area contributed by atoms with Gasteiger partial charge in [-0.05, 0) is 31.0 Å². The number of likely N-dealkylation sites (tertiary alicyclic amines) is 1. The summed E-state index contributed by atoms with van der Waals surface area (Å²) in [7, 11) is 1.38. The number of carbonyl (C=O) groups is 2. The molecule has 1 saturated heterocycles. The SMILES string of the molecule is COC(=O)C1CCN(C(C(=O)O)c2c[nH]c3ccc(Cl)cc23)CC1. The van der Waals surface area contributed by atoms with Gasteiger partial charge in [0.25, 0.3) is 0 Å². The summed E-state index contributed by atoms with van der Waals surface area (Å²) in [4.78, 5) is 28.6. The Balaban J connectivity index is 1.87. The molecule has 0 amide bonds. The summed E-state index contributed by atoms with van der Waals surface area (Å²) in [5, 5.41) is 11.1. The van der Waals surface area contributed by atoms with Crippen molar-refractivity contribution in [1.29, 1.82) is 0 Å². The molecule has 1 aromatic heterocycles. The lowest BCUT2D eigenvalue weighted by Crippen LogP contribution is -2.41. The second-order valence-electron chi connectivity index (χ2n) is 6.01. The van der Waals surface area contributed by atoms with E-state index in [1.54, 1.807) is 18.3 Å². The van der Waals surface area contributed by atoms with Gasteiger partial charge in [-0.2, -0.15) is 0 Å². The first-order valence-electron chi connectivity index (χ1n) is 7.82. The number of methoxy groups -OCH3 is 1. The van der Waals surface area contributed by atoms with Gasteiger partial charge in [0.1, 0.15) is 6.04 Å². The molecule has 1 atom stereocenters. The van der Waals surface area contributed by atoms with Crippen LogP contribution in [0.1, 0.15) is 24.4 Å². The van der Waals surface area contributed by atoms with Crippen molar-refractivity contribution in [2.24, 2.45) is 5.92 Å². The summed E-state index contributed by atoms with van der Waals surface area (Å²) in [5.41, 5.74) is 1.54. The lowest BCUT2D eigenvalue weighted by molar-refractivity contribution is -0.148. The number of H-pyrrole nitrogens is 1. The maximum Gasteiger partial charge on any atom is 0.325 e. The summed E-state index contributed by atoms with van der Waals surface area (Å²) in [6.45, 7) is 1.06. The van der Waals surface area contributed by atoms with Gasteiger partial charge in [0.05, 0.1) is 13.0 Å². The Morgan fingerprint density at radius 1 is 1.38 bits per heavy atom. The third-order valence-electron chi connectivity index (χ3n) is 4.63. The van der Waals surface area contributed by atoms with Gasteiger partial charge in [0.15, 0.2) is 0 Å². The van der Waals surface area contributed by atoms with E-state index >= 15 is 0 Å². The van der Waals surface area contributed by atoms with Crippen molar-refractivity contribution in [2.75, 3.05) is 20.2 Å². The highest BCUT2D eigenvalue weighted by molar-refractivity contribution is 6.31. The predicted molar refractivity (Wildman–Crippen MR) is 90.0 cm³/mol. The largest absolute Gasteiger partial charge is 0.480 e. The first kappa shape index (κ1) is 16.8. The van der Waals surface area contributed by atoms with Gasteiger partial charge in [0.2, 0.25) is 0 Å². The van der Waals surface area contributed by atoms with Gasteiger partial charge in [-0.15, -0.1) is 0 Å². The average molecular weight is 351 g/mol. The standard InChI is InChI=1S/C17H19ClN2O4/c1-24-17(23)10-4-6-20(7-5-10)15(16(21)22)13-9-19-14-3-2-11(18)8-12(13)14/h2-3,8-10,15,19H,4-7H2,1H3,(H,21,22). The molecule has 2 heterocycles. The van der Waals surface area contributed by atoms with Gasteiger partial charge >= 0.3 is 11.9 Å². The quantitative estimate of drug-likeness (QED) is 0.828. The molecule has 0 aliphatic carbocycles. The molecule has 2 N–H and O–H groups in total. The van der Waals surface area contributed by atoms with E-state index in [2.05, 4.69) is 4.98 Å². The van der Waals surface area contributed by atoms with Crippen LogP contribution in [0.4, 0.5) is 0 Å². The number of benzene rings is 1. The molecule has 1 fully saturated rings. The Morgan fingerprint density at radius 2 is 2.08 bits per heavy atom. The number of esters is 1. The number of rotatable bonds is 4. The van der Waals surface area contributed by atoms with Gasteiger partial charge in [-0.1, -0.05) is 11.6 Å². The maximum atomic E-state index is 11.9. The van der Waals surface area contributed by atoms with E-state index in [-0.39, 0.29) is 11.9 Å². The molecule has 0 bridgehead atoms. The first-order valence-corrected chi connectivity index (χ1v) is 8.20. The van der Waals surface area contributed by atoms with Crippen LogP contribution in [0.5, 0.6) is 0 Å². The molecule has 0 spiro atoms. The number of aromatic nitrogens is 1.